The Morgan fingerprint density at radius 2 is 2.09 bits per heavy atom. The van der Waals surface area contributed by atoms with Crippen molar-refractivity contribution >= 4 is 15.7 Å². The molecule has 64 valence electrons. The molecule has 0 spiro atoms. The van der Waals surface area contributed by atoms with Gasteiger partial charge in [-0.25, -0.2) is 8.42 Å². The predicted molar refractivity (Wildman–Crippen MR) is 37.4 cm³/mol. The van der Waals surface area contributed by atoms with Gasteiger partial charge in [0, 0.05) is 0 Å². The molecule has 1 amide bonds. The Labute approximate surface area is 64.1 Å². The monoisotopic (exact) mass is 179 g/mol. The maximum atomic E-state index is 11.0. The molecule has 1 rings (SSSR count). The lowest BCUT2D eigenvalue weighted by atomic mass is 10.2. The van der Waals surface area contributed by atoms with Gasteiger partial charge in [-0.1, -0.05) is 0 Å². The topological polar surface area (TPSA) is 97.5 Å². The lowest BCUT2D eigenvalue weighted by Gasteiger charge is -2.01. The molecule has 0 aromatic carbocycles. The lowest BCUT2D eigenvalue weighted by Crippen LogP contribution is -2.32. The van der Waals surface area contributed by atoms with Gasteiger partial charge in [-0.2, -0.15) is 0 Å². The van der Waals surface area contributed by atoms with Crippen molar-refractivity contribution < 1.29 is 18.3 Å². The molecule has 1 heterocycles. The van der Waals surface area contributed by atoms with Crippen molar-refractivity contribution in [3.63, 3.8) is 0 Å². The van der Waals surface area contributed by atoms with Gasteiger partial charge in [-0.3, -0.25) is 4.79 Å². The van der Waals surface area contributed by atoms with Gasteiger partial charge in [0.05, 0.1) is 11.9 Å². The van der Waals surface area contributed by atoms with E-state index in [0.717, 1.165) is 0 Å². The van der Waals surface area contributed by atoms with Gasteiger partial charge in [-0.15, -0.1) is 0 Å². The third kappa shape index (κ3) is 1.51. The molecule has 6 heteroatoms. The van der Waals surface area contributed by atoms with Gasteiger partial charge < -0.3 is 10.8 Å². The zero-order valence-corrected chi connectivity index (χ0v) is 6.54. The Hall–Kier alpha value is -0.620. The smallest absolute Gasteiger partial charge is 0.235 e. The first kappa shape index (κ1) is 8.48. The highest BCUT2D eigenvalue weighted by molar-refractivity contribution is 7.93. The minimum absolute atomic E-state index is 0.0579. The van der Waals surface area contributed by atoms with E-state index in [1.54, 1.807) is 0 Å². The number of hydrogen-bond acceptors (Lipinski definition) is 4. The molecule has 5 nitrogen and oxygen atoms in total. The summed E-state index contributed by atoms with van der Waals surface area (Å²) in [5.41, 5.74) is 4.81. The van der Waals surface area contributed by atoms with E-state index in [2.05, 4.69) is 0 Å². The Morgan fingerprint density at radius 1 is 1.55 bits per heavy atom. The van der Waals surface area contributed by atoms with Crippen LogP contribution in [0, 0.1) is 0 Å². The molecule has 0 saturated carbocycles. The fourth-order valence-corrected chi connectivity index (χ4v) is 2.91. The number of carbonyl (C=O) groups excluding carboxylic acids is 1. The molecule has 1 unspecified atom stereocenters. The van der Waals surface area contributed by atoms with Crippen LogP contribution in [0.2, 0.25) is 0 Å². The van der Waals surface area contributed by atoms with Gasteiger partial charge in [0.25, 0.3) is 0 Å². The van der Waals surface area contributed by atoms with E-state index in [-0.39, 0.29) is 12.2 Å². The number of sulfone groups is 1. The van der Waals surface area contributed by atoms with Gasteiger partial charge in [-0.05, 0) is 6.42 Å². The van der Waals surface area contributed by atoms with Crippen LogP contribution in [0.3, 0.4) is 0 Å². The maximum absolute atomic E-state index is 11.0. The molecule has 0 aliphatic carbocycles. The molecule has 11 heavy (non-hydrogen) atoms. The third-order valence-corrected chi connectivity index (χ3v) is 3.80. The third-order valence-electron chi connectivity index (χ3n) is 1.66. The van der Waals surface area contributed by atoms with Crippen molar-refractivity contribution in [2.45, 2.75) is 17.8 Å². The molecule has 1 aliphatic rings. The number of rotatable bonds is 1. The van der Waals surface area contributed by atoms with E-state index >= 15 is 0 Å². The van der Waals surface area contributed by atoms with Crippen molar-refractivity contribution in [1.82, 2.24) is 0 Å². The standard InChI is InChI=1S/C5H9NO4S/c6-5(8)4-1-3(7)2-11(4,9)10/h3-4,7H,1-2H2,(H2,6,8)/t3-,4?/m1/s1. The number of nitrogens with two attached hydrogens (primary N) is 1. The molecule has 0 bridgehead atoms. The SMILES string of the molecule is NC(=O)C1C[C@@H](O)CS1(=O)=O. The Bertz CT molecular complexity index is 270. The van der Waals surface area contributed by atoms with Crippen LogP contribution in [-0.2, 0) is 14.6 Å². The Kier molecular flexibility index (Phi) is 1.89. The zero-order chi connectivity index (χ0) is 8.65. The average Bonchev–Trinajstić information content (AvgIpc) is 2.04. The number of aliphatic hydroxyl groups excluding tert-OH is 1. The summed E-state index contributed by atoms with van der Waals surface area (Å²) < 4.78 is 21.9. The van der Waals surface area contributed by atoms with Crippen LogP contribution in [-0.4, -0.2) is 36.5 Å². The van der Waals surface area contributed by atoms with Crippen LogP contribution in [0.1, 0.15) is 6.42 Å². The first-order valence-corrected chi connectivity index (χ1v) is 4.84. The highest BCUT2D eigenvalue weighted by Crippen LogP contribution is 2.19. The summed E-state index contributed by atoms with van der Waals surface area (Å²) in [6, 6.07) is 0. The fraction of sp³-hybridized carbons (Fsp3) is 0.800. The van der Waals surface area contributed by atoms with E-state index in [9.17, 15) is 13.2 Å². The summed E-state index contributed by atoms with van der Waals surface area (Å²) in [5, 5.41) is 7.71. The number of aliphatic hydroxyl groups is 1. The number of primary amides is 1. The summed E-state index contributed by atoms with van der Waals surface area (Å²) >= 11 is 0. The van der Waals surface area contributed by atoms with Gasteiger partial charge >= 0.3 is 0 Å². The molecular formula is C5H9NO4S. The van der Waals surface area contributed by atoms with Crippen molar-refractivity contribution in [3.05, 3.63) is 0 Å². The molecule has 1 saturated heterocycles. The molecule has 0 aromatic rings. The average molecular weight is 179 g/mol. The molecule has 0 aromatic heterocycles. The first-order valence-electron chi connectivity index (χ1n) is 3.12. The largest absolute Gasteiger partial charge is 0.392 e. The number of amides is 1. The van der Waals surface area contributed by atoms with Crippen molar-refractivity contribution in [2.75, 3.05) is 5.75 Å². The Balaban J connectivity index is 2.92. The second-order valence-electron chi connectivity index (χ2n) is 2.61. The molecule has 1 aliphatic heterocycles. The maximum Gasteiger partial charge on any atom is 0.235 e. The summed E-state index contributed by atoms with van der Waals surface area (Å²) in [7, 11) is -3.46. The van der Waals surface area contributed by atoms with Crippen molar-refractivity contribution in [3.8, 4) is 0 Å². The van der Waals surface area contributed by atoms with Crippen LogP contribution >= 0.6 is 0 Å². The van der Waals surface area contributed by atoms with Crippen LogP contribution in [0.5, 0.6) is 0 Å². The molecule has 2 atom stereocenters. The van der Waals surface area contributed by atoms with Gasteiger partial charge in [0.1, 0.15) is 5.25 Å². The molecule has 3 N–H and O–H groups in total. The van der Waals surface area contributed by atoms with Crippen LogP contribution in [0.4, 0.5) is 0 Å². The quantitative estimate of drug-likeness (QED) is 0.487. The lowest BCUT2D eigenvalue weighted by molar-refractivity contribution is -0.117. The summed E-state index contributed by atoms with van der Waals surface area (Å²) in [4.78, 5) is 10.5. The number of carbonyl (C=O) groups is 1. The van der Waals surface area contributed by atoms with E-state index < -0.39 is 27.1 Å². The van der Waals surface area contributed by atoms with Crippen LogP contribution in [0.15, 0.2) is 0 Å². The summed E-state index contributed by atoms with van der Waals surface area (Å²) in [6.45, 7) is 0. The second-order valence-corrected chi connectivity index (χ2v) is 4.84. The van der Waals surface area contributed by atoms with E-state index in [4.69, 9.17) is 10.8 Å². The summed E-state index contributed by atoms with van der Waals surface area (Å²) in [5.74, 6) is -1.22. The van der Waals surface area contributed by atoms with E-state index in [1.165, 1.54) is 0 Å². The zero-order valence-electron chi connectivity index (χ0n) is 5.73. The highest BCUT2D eigenvalue weighted by atomic mass is 32.2. The van der Waals surface area contributed by atoms with Gasteiger partial charge in [0.2, 0.25) is 5.91 Å². The molecule has 1 fully saturated rings. The van der Waals surface area contributed by atoms with Crippen LogP contribution in [0.25, 0.3) is 0 Å². The van der Waals surface area contributed by atoms with Crippen molar-refractivity contribution in [1.29, 1.82) is 0 Å². The number of hydrogen-bond donors (Lipinski definition) is 2. The molecular weight excluding hydrogens is 170 g/mol. The Morgan fingerprint density at radius 3 is 2.27 bits per heavy atom. The van der Waals surface area contributed by atoms with Crippen LogP contribution < -0.4 is 5.73 Å². The predicted octanol–water partition coefficient (Wildman–Crippen LogP) is -1.98. The minimum Gasteiger partial charge on any atom is -0.392 e. The minimum atomic E-state index is -3.46. The normalized spacial score (nSPS) is 35.4. The first-order chi connectivity index (χ1) is 4.93. The second kappa shape index (κ2) is 2.46. The summed E-state index contributed by atoms with van der Waals surface area (Å²) in [6.07, 6.45) is -0.991. The van der Waals surface area contributed by atoms with Gasteiger partial charge in [0.15, 0.2) is 9.84 Å². The molecule has 0 radical (unpaired) electrons. The van der Waals surface area contributed by atoms with E-state index in [0.29, 0.717) is 0 Å². The highest BCUT2D eigenvalue weighted by Gasteiger charge is 2.40. The van der Waals surface area contributed by atoms with Crippen molar-refractivity contribution in [2.24, 2.45) is 5.73 Å². The fourth-order valence-electron chi connectivity index (χ4n) is 1.14. The van der Waals surface area contributed by atoms with E-state index in [1.807, 2.05) is 0 Å².